The number of hydrogen-bond acceptors (Lipinski definition) is 1. The number of likely N-dealkylation sites (tertiary alicyclic amines) is 1. The first-order valence-electron chi connectivity index (χ1n) is 6.23. The highest BCUT2D eigenvalue weighted by molar-refractivity contribution is 5.24. The van der Waals surface area contributed by atoms with E-state index in [2.05, 4.69) is 18.7 Å². The van der Waals surface area contributed by atoms with E-state index in [0.717, 1.165) is 32.1 Å². The second-order valence-electron chi connectivity index (χ2n) is 5.30. The van der Waals surface area contributed by atoms with Crippen LogP contribution in [-0.2, 0) is 0 Å². The maximum absolute atomic E-state index is 13.6. The third-order valence-electron chi connectivity index (χ3n) is 3.30. The molecule has 1 aromatic carbocycles. The lowest BCUT2D eigenvalue weighted by Crippen LogP contribution is -2.25. The van der Waals surface area contributed by atoms with E-state index in [4.69, 9.17) is 0 Å². The molecule has 94 valence electrons. The zero-order valence-corrected chi connectivity index (χ0v) is 10.4. The van der Waals surface area contributed by atoms with Gasteiger partial charge in [0.15, 0.2) is 0 Å². The van der Waals surface area contributed by atoms with E-state index >= 15 is 0 Å². The Hall–Kier alpha value is -0.960. The molecule has 1 unspecified atom stereocenters. The van der Waals surface area contributed by atoms with E-state index < -0.39 is 11.6 Å². The molecule has 1 fully saturated rings. The van der Waals surface area contributed by atoms with Gasteiger partial charge in [-0.15, -0.1) is 0 Å². The Labute approximate surface area is 101 Å². The fourth-order valence-corrected chi connectivity index (χ4v) is 2.60. The van der Waals surface area contributed by atoms with Gasteiger partial charge in [-0.2, -0.15) is 0 Å². The topological polar surface area (TPSA) is 3.24 Å². The van der Waals surface area contributed by atoms with Crippen molar-refractivity contribution in [1.29, 1.82) is 0 Å². The zero-order chi connectivity index (χ0) is 12.4. The molecule has 2 rings (SSSR count). The number of benzene rings is 1. The molecule has 0 N–H and O–H groups in total. The molecule has 0 saturated carbocycles. The lowest BCUT2D eigenvalue weighted by Gasteiger charge is -2.18. The van der Waals surface area contributed by atoms with Crippen LogP contribution >= 0.6 is 0 Å². The Morgan fingerprint density at radius 3 is 2.76 bits per heavy atom. The normalized spacial score (nSPS) is 21.4. The van der Waals surface area contributed by atoms with Crippen molar-refractivity contribution in [3.05, 3.63) is 35.4 Å². The fourth-order valence-electron chi connectivity index (χ4n) is 2.60. The minimum atomic E-state index is -0.497. The summed E-state index contributed by atoms with van der Waals surface area (Å²) in [6, 6.07) is 3.93. The zero-order valence-electron chi connectivity index (χ0n) is 10.4. The smallest absolute Gasteiger partial charge is 0.129 e. The van der Waals surface area contributed by atoms with Crippen molar-refractivity contribution in [2.45, 2.75) is 26.2 Å². The summed E-state index contributed by atoms with van der Waals surface area (Å²) >= 11 is 0. The predicted octanol–water partition coefficient (Wildman–Crippen LogP) is 3.41. The number of halogens is 2. The number of hydrogen-bond donors (Lipinski definition) is 0. The van der Waals surface area contributed by atoms with Crippen LogP contribution in [0.5, 0.6) is 0 Å². The maximum Gasteiger partial charge on any atom is 0.129 e. The molecule has 0 aliphatic carbocycles. The van der Waals surface area contributed by atoms with Gasteiger partial charge in [0.2, 0.25) is 0 Å². The first-order valence-corrected chi connectivity index (χ1v) is 6.23. The molecule has 0 amide bonds. The molecular weight excluding hydrogens is 220 g/mol. The van der Waals surface area contributed by atoms with E-state index in [9.17, 15) is 8.78 Å². The van der Waals surface area contributed by atoms with E-state index in [1.807, 2.05) is 0 Å². The largest absolute Gasteiger partial charge is 0.302 e. The van der Waals surface area contributed by atoms with Crippen LogP contribution in [-0.4, -0.2) is 24.5 Å². The monoisotopic (exact) mass is 239 g/mol. The third kappa shape index (κ3) is 3.03. The summed E-state index contributed by atoms with van der Waals surface area (Å²) in [5, 5.41) is 0. The second kappa shape index (κ2) is 5.13. The van der Waals surface area contributed by atoms with Crippen molar-refractivity contribution < 1.29 is 8.78 Å². The molecule has 0 radical (unpaired) electrons. The molecule has 1 aliphatic heterocycles. The highest BCUT2D eigenvalue weighted by Gasteiger charge is 2.26. The van der Waals surface area contributed by atoms with E-state index in [-0.39, 0.29) is 5.92 Å². The SMILES string of the molecule is CC(C)CN1CCC(c2ccc(F)cc2F)C1. The quantitative estimate of drug-likeness (QED) is 0.781. The van der Waals surface area contributed by atoms with Gasteiger partial charge in [0.05, 0.1) is 0 Å². The molecule has 0 spiro atoms. The highest BCUT2D eigenvalue weighted by Crippen LogP contribution is 2.29. The van der Waals surface area contributed by atoms with Crippen LogP contribution in [0.1, 0.15) is 31.7 Å². The fraction of sp³-hybridized carbons (Fsp3) is 0.571. The average Bonchev–Trinajstić information content (AvgIpc) is 2.65. The van der Waals surface area contributed by atoms with Gasteiger partial charge in [0, 0.05) is 25.1 Å². The van der Waals surface area contributed by atoms with E-state index in [1.165, 1.54) is 6.07 Å². The van der Waals surface area contributed by atoms with Crippen molar-refractivity contribution >= 4 is 0 Å². The molecule has 1 saturated heterocycles. The van der Waals surface area contributed by atoms with Crippen molar-refractivity contribution in [3.63, 3.8) is 0 Å². The molecule has 1 heterocycles. The first-order chi connectivity index (χ1) is 8.06. The summed E-state index contributed by atoms with van der Waals surface area (Å²) in [5.41, 5.74) is 0.664. The predicted molar refractivity (Wildman–Crippen MR) is 65.0 cm³/mol. The van der Waals surface area contributed by atoms with E-state index in [0.29, 0.717) is 11.5 Å². The maximum atomic E-state index is 13.6. The van der Waals surface area contributed by atoms with Crippen molar-refractivity contribution in [1.82, 2.24) is 4.90 Å². The van der Waals surface area contributed by atoms with Crippen LogP contribution in [0.4, 0.5) is 8.78 Å². The third-order valence-corrected chi connectivity index (χ3v) is 3.30. The summed E-state index contributed by atoms with van der Waals surface area (Å²) in [7, 11) is 0. The molecule has 17 heavy (non-hydrogen) atoms. The van der Waals surface area contributed by atoms with Crippen molar-refractivity contribution in [3.8, 4) is 0 Å². The standard InChI is InChI=1S/C14H19F2N/c1-10(2)8-17-6-5-11(9-17)13-4-3-12(15)7-14(13)16/h3-4,7,10-11H,5-6,8-9H2,1-2H3. The summed E-state index contributed by atoms with van der Waals surface area (Å²) in [6.07, 6.45) is 0.968. The molecule has 0 aromatic heterocycles. The van der Waals surface area contributed by atoms with Crippen LogP contribution in [0.25, 0.3) is 0 Å². The van der Waals surface area contributed by atoms with Crippen molar-refractivity contribution in [2.75, 3.05) is 19.6 Å². The molecule has 1 aromatic rings. The average molecular weight is 239 g/mol. The van der Waals surface area contributed by atoms with E-state index in [1.54, 1.807) is 6.07 Å². The van der Waals surface area contributed by atoms with Crippen LogP contribution < -0.4 is 0 Å². The molecule has 1 atom stereocenters. The lowest BCUT2D eigenvalue weighted by molar-refractivity contribution is 0.294. The first kappa shape index (κ1) is 12.5. The van der Waals surface area contributed by atoms with Gasteiger partial charge < -0.3 is 4.90 Å². The van der Waals surface area contributed by atoms with Gasteiger partial charge in [-0.25, -0.2) is 8.78 Å². The Kier molecular flexibility index (Phi) is 3.77. The minimum Gasteiger partial charge on any atom is -0.302 e. The van der Waals surface area contributed by atoms with Gasteiger partial charge >= 0.3 is 0 Å². The van der Waals surface area contributed by atoms with Gasteiger partial charge in [-0.1, -0.05) is 19.9 Å². The molecular formula is C14H19F2N. The Balaban J connectivity index is 2.05. The summed E-state index contributed by atoms with van der Waals surface area (Å²) in [4.78, 5) is 2.36. The van der Waals surface area contributed by atoms with Crippen LogP contribution in [0.2, 0.25) is 0 Å². The molecule has 3 heteroatoms. The molecule has 0 bridgehead atoms. The molecule has 1 aliphatic rings. The Morgan fingerprint density at radius 1 is 1.35 bits per heavy atom. The van der Waals surface area contributed by atoms with Crippen molar-refractivity contribution in [2.24, 2.45) is 5.92 Å². The molecule has 1 nitrogen and oxygen atoms in total. The summed E-state index contributed by atoms with van der Waals surface area (Å²) in [5.74, 6) is -0.0501. The van der Waals surface area contributed by atoms with Gasteiger partial charge in [0.1, 0.15) is 11.6 Å². The Morgan fingerprint density at radius 2 is 2.12 bits per heavy atom. The van der Waals surface area contributed by atoms with Crippen LogP contribution in [0, 0.1) is 17.6 Å². The highest BCUT2D eigenvalue weighted by atomic mass is 19.1. The summed E-state index contributed by atoms with van der Waals surface area (Å²) < 4.78 is 26.5. The number of nitrogens with zero attached hydrogens (tertiary/aromatic N) is 1. The van der Waals surface area contributed by atoms with Gasteiger partial charge in [-0.3, -0.25) is 0 Å². The summed E-state index contributed by atoms with van der Waals surface area (Å²) in [6.45, 7) is 7.33. The van der Waals surface area contributed by atoms with Crippen LogP contribution in [0.15, 0.2) is 18.2 Å². The van der Waals surface area contributed by atoms with Gasteiger partial charge in [-0.05, 0) is 30.5 Å². The lowest BCUT2D eigenvalue weighted by atomic mass is 9.98. The second-order valence-corrected chi connectivity index (χ2v) is 5.30. The minimum absolute atomic E-state index is 0.217. The van der Waals surface area contributed by atoms with Crippen LogP contribution in [0.3, 0.4) is 0 Å². The number of rotatable bonds is 3. The Bertz CT molecular complexity index is 390. The van der Waals surface area contributed by atoms with Gasteiger partial charge in [0.25, 0.3) is 0 Å².